The summed E-state index contributed by atoms with van der Waals surface area (Å²) >= 11 is 11.1. The molecule has 16 heavy (non-hydrogen) atoms. The third kappa shape index (κ3) is 3.46. The van der Waals surface area contributed by atoms with Gasteiger partial charge >= 0.3 is 0 Å². The van der Waals surface area contributed by atoms with E-state index in [9.17, 15) is 0 Å². The molecule has 1 nitrogen and oxygen atoms in total. The molecule has 1 fully saturated rings. The summed E-state index contributed by atoms with van der Waals surface area (Å²) in [4.78, 5) is 1.31. The van der Waals surface area contributed by atoms with Crippen LogP contribution in [0.2, 0.25) is 4.34 Å². The van der Waals surface area contributed by atoms with Crippen molar-refractivity contribution in [2.45, 2.75) is 32.7 Å². The van der Waals surface area contributed by atoms with Gasteiger partial charge in [0, 0.05) is 15.9 Å². The van der Waals surface area contributed by atoms with Crippen LogP contribution < -0.4 is 5.32 Å². The Morgan fingerprint density at radius 3 is 2.94 bits per heavy atom. The Morgan fingerprint density at radius 2 is 2.38 bits per heavy atom. The molecule has 0 spiro atoms. The molecule has 1 heterocycles. The summed E-state index contributed by atoms with van der Waals surface area (Å²) in [6.45, 7) is 4.45. The summed E-state index contributed by atoms with van der Waals surface area (Å²) in [6.07, 6.45) is 4.19. The maximum Gasteiger partial charge on any atom is 0.107 e. The topological polar surface area (TPSA) is 12.0 Å². The van der Waals surface area contributed by atoms with Crippen molar-refractivity contribution in [2.24, 2.45) is 11.8 Å². The van der Waals surface area contributed by atoms with Crippen LogP contribution in [-0.4, -0.2) is 6.54 Å². The average Bonchev–Trinajstić information content (AvgIpc) is 2.75. The predicted octanol–water partition coefficient (Wildman–Crippen LogP) is 4.69. The lowest BCUT2D eigenvalue weighted by Crippen LogP contribution is -2.20. The number of nitrogens with one attached hydrogen (secondary N) is 1. The van der Waals surface area contributed by atoms with Gasteiger partial charge in [-0.05, 0) is 53.2 Å². The van der Waals surface area contributed by atoms with Crippen LogP contribution in [-0.2, 0) is 6.54 Å². The van der Waals surface area contributed by atoms with Crippen LogP contribution in [0.1, 0.15) is 31.1 Å². The fourth-order valence-corrected chi connectivity index (χ4v) is 4.15. The highest BCUT2D eigenvalue weighted by Crippen LogP contribution is 2.32. The van der Waals surface area contributed by atoms with E-state index in [2.05, 4.69) is 34.2 Å². The van der Waals surface area contributed by atoms with Gasteiger partial charge in [-0.3, -0.25) is 0 Å². The molecule has 1 aromatic heterocycles. The molecular formula is C12H17BrClNS. The van der Waals surface area contributed by atoms with Gasteiger partial charge in [0.1, 0.15) is 4.34 Å². The van der Waals surface area contributed by atoms with Gasteiger partial charge in [-0.25, -0.2) is 0 Å². The van der Waals surface area contributed by atoms with E-state index >= 15 is 0 Å². The molecule has 2 unspecified atom stereocenters. The first-order valence-corrected chi connectivity index (χ1v) is 7.78. The molecule has 90 valence electrons. The Bertz CT molecular complexity index is 333. The molecule has 0 aliphatic heterocycles. The first-order chi connectivity index (χ1) is 7.65. The lowest BCUT2D eigenvalue weighted by Gasteiger charge is -2.09. The second-order valence-electron chi connectivity index (χ2n) is 4.75. The minimum atomic E-state index is 0.853. The van der Waals surface area contributed by atoms with E-state index in [0.717, 1.165) is 33.7 Å². The summed E-state index contributed by atoms with van der Waals surface area (Å²) in [7, 11) is 0. The van der Waals surface area contributed by atoms with Crippen molar-refractivity contribution in [3.8, 4) is 0 Å². The van der Waals surface area contributed by atoms with Crippen molar-refractivity contribution in [2.75, 3.05) is 6.54 Å². The van der Waals surface area contributed by atoms with Crippen molar-refractivity contribution in [1.29, 1.82) is 0 Å². The van der Waals surface area contributed by atoms with Crippen molar-refractivity contribution < 1.29 is 0 Å². The van der Waals surface area contributed by atoms with E-state index in [1.54, 1.807) is 11.3 Å². The lowest BCUT2D eigenvalue weighted by molar-refractivity contribution is 0.472. The molecule has 1 aliphatic rings. The van der Waals surface area contributed by atoms with Crippen LogP contribution in [0.15, 0.2) is 10.5 Å². The largest absolute Gasteiger partial charge is 0.312 e. The highest BCUT2D eigenvalue weighted by molar-refractivity contribution is 9.10. The average molecular weight is 323 g/mol. The number of rotatable bonds is 4. The van der Waals surface area contributed by atoms with Crippen molar-refractivity contribution >= 4 is 38.9 Å². The third-order valence-electron chi connectivity index (χ3n) is 3.23. The molecule has 2 atom stereocenters. The Hall–Kier alpha value is 0.430. The zero-order chi connectivity index (χ0) is 11.5. The van der Waals surface area contributed by atoms with Crippen molar-refractivity contribution in [3.63, 3.8) is 0 Å². The number of hydrogen-bond acceptors (Lipinski definition) is 2. The van der Waals surface area contributed by atoms with Crippen LogP contribution in [0.25, 0.3) is 0 Å². The van der Waals surface area contributed by atoms with E-state index in [4.69, 9.17) is 11.6 Å². The van der Waals surface area contributed by atoms with Crippen molar-refractivity contribution in [3.05, 3.63) is 19.8 Å². The Kier molecular flexibility index (Phi) is 4.71. The van der Waals surface area contributed by atoms with Crippen LogP contribution in [0, 0.1) is 11.8 Å². The summed E-state index contributed by atoms with van der Waals surface area (Å²) in [5.41, 5.74) is 0. The molecule has 0 saturated heterocycles. The molecule has 2 rings (SSSR count). The highest BCUT2D eigenvalue weighted by Gasteiger charge is 2.20. The predicted molar refractivity (Wildman–Crippen MR) is 75.2 cm³/mol. The second-order valence-corrected chi connectivity index (χ2v) is 7.34. The zero-order valence-corrected chi connectivity index (χ0v) is 12.6. The van der Waals surface area contributed by atoms with Gasteiger partial charge in [-0.1, -0.05) is 24.9 Å². The Labute approximate surface area is 115 Å². The second kappa shape index (κ2) is 5.85. The minimum absolute atomic E-state index is 0.853. The van der Waals surface area contributed by atoms with Crippen LogP contribution in [0.4, 0.5) is 0 Å². The summed E-state index contributed by atoms with van der Waals surface area (Å²) in [6, 6.07) is 2.11. The molecule has 1 saturated carbocycles. The monoisotopic (exact) mass is 321 g/mol. The summed E-state index contributed by atoms with van der Waals surface area (Å²) < 4.78 is 1.87. The summed E-state index contributed by atoms with van der Waals surface area (Å²) in [5.74, 6) is 1.81. The van der Waals surface area contributed by atoms with E-state index in [-0.39, 0.29) is 0 Å². The van der Waals surface area contributed by atoms with E-state index in [1.165, 1.54) is 24.1 Å². The number of thiophene rings is 1. The first kappa shape index (κ1) is 12.9. The van der Waals surface area contributed by atoms with Gasteiger partial charge < -0.3 is 5.32 Å². The molecule has 0 bridgehead atoms. The molecule has 1 aliphatic carbocycles. The number of hydrogen-bond donors (Lipinski definition) is 1. The van der Waals surface area contributed by atoms with Gasteiger partial charge in [0.25, 0.3) is 0 Å². The van der Waals surface area contributed by atoms with E-state index in [0.29, 0.717) is 0 Å². The Balaban J connectivity index is 1.72. The number of halogens is 2. The molecule has 0 amide bonds. The first-order valence-electron chi connectivity index (χ1n) is 5.79. The smallest absolute Gasteiger partial charge is 0.107 e. The molecular weight excluding hydrogens is 306 g/mol. The molecule has 1 N–H and O–H groups in total. The fourth-order valence-electron chi connectivity index (χ4n) is 2.39. The molecule has 0 aromatic carbocycles. The highest BCUT2D eigenvalue weighted by atomic mass is 79.9. The van der Waals surface area contributed by atoms with Crippen molar-refractivity contribution in [1.82, 2.24) is 5.32 Å². The van der Waals surface area contributed by atoms with Gasteiger partial charge in [0.05, 0.1) is 0 Å². The molecule has 4 heteroatoms. The van der Waals surface area contributed by atoms with E-state index in [1.807, 2.05) is 0 Å². The molecule has 0 radical (unpaired) electrons. The lowest BCUT2D eigenvalue weighted by atomic mass is 10.1. The van der Waals surface area contributed by atoms with Crippen LogP contribution >= 0.6 is 38.9 Å². The SMILES string of the molecule is CC1CCC(CNCc2cc(Br)c(Cl)s2)C1. The fraction of sp³-hybridized carbons (Fsp3) is 0.667. The van der Waals surface area contributed by atoms with Gasteiger partial charge in [0.2, 0.25) is 0 Å². The van der Waals surface area contributed by atoms with Crippen LogP contribution in [0.3, 0.4) is 0 Å². The summed E-state index contributed by atoms with van der Waals surface area (Å²) in [5, 5.41) is 3.54. The molecule has 1 aromatic rings. The third-order valence-corrected chi connectivity index (χ3v) is 5.71. The standard InChI is InChI=1S/C12H17BrClNS/c1-8-2-3-9(4-8)6-15-7-10-5-11(13)12(14)16-10/h5,8-9,15H,2-4,6-7H2,1H3. The normalized spacial score (nSPS) is 25.2. The van der Waals surface area contributed by atoms with Crippen LogP contribution in [0.5, 0.6) is 0 Å². The maximum absolute atomic E-state index is 6.00. The van der Waals surface area contributed by atoms with E-state index < -0.39 is 0 Å². The van der Waals surface area contributed by atoms with Gasteiger partial charge in [-0.15, -0.1) is 11.3 Å². The zero-order valence-electron chi connectivity index (χ0n) is 9.43. The van der Waals surface area contributed by atoms with Gasteiger partial charge in [0.15, 0.2) is 0 Å². The quantitative estimate of drug-likeness (QED) is 0.848. The van der Waals surface area contributed by atoms with Gasteiger partial charge in [-0.2, -0.15) is 0 Å². The maximum atomic E-state index is 6.00. The Morgan fingerprint density at radius 1 is 1.56 bits per heavy atom. The minimum Gasteiger partial charge on any atom is -0.312 e.